The van der Waals surface area contributed by atoms with E-state index in [1.807, 2.05) is 20.8 Å². The van der Waals surface area contributed by atoms with Gasteiger partial charge in [-0.3, -0.25) is 4.79 Å². The van der Waals surface area contributed by atoms with Crippen LogP contribution in [-0.2, 0) is 0 Å². The van der Waals surface area contributed by atoms with Crippen LogP contribution in [-0.4, -0.2) is 22.9 Å². The summed E-state index contributed by atoms with van der Waals surface area (Å²) in [7, 11) is 0. The standard InChI is InChI=1S/C14H20ClNO2/c1-9(2)12(6-7-15)16-14(18)11-8-10(3)4-5-13(11)17/h4-5,8-9,12,17H,6-7H2,1-3H3,(H,16,18). The highest BCUT2D eigenvalue weighted by atomic mass is 35.5. The largest absolute Gasteiger partial charge is 0.507 e. The minimum Gasteiger partial charge on any atom is -0.507 e. The van der Waals surface area contributed by atoms with Gasteiger partial charge in [0.25, 0.3) is 5.91 Å². The molecule has 1 aromatic carbocycles. The number of rotatable bonds is 5. The van der Waals surface area contributed by atoms with Crippen molar-refractivity contribution in [2.45, 2.75) is 33.2 Å². The smallest absolute Gasteiger partial charge is 0.255 e. The van der Waals surface area contributed by atoms with Gasteiger partial charge in [-0.15, -0.1) is 11.6 Å². The first kappa shape index (κ1) is 14.8. The van der Waals surface area contributed by atoms with Crippen molar-refractivity contribution in [2.75, 3.05) is 5.88 Å². The van der Waals surface area contributed by atoms with Gasteiger partial charge in [-0.1, -0.05) is 25.5 Å². The fourth-order valence-electron chi connectivity index (χ4n) is 1.77. The molecule has 0 radical (unpaired) electrons. The molecule has 1 aromatic rings. The number of phenols is 1. The van der Waals surface area contributed by atoms with Crippen molar-refractivity contribution in [1.82, 2.24) is 5.32 Å². The molecule has 0 aliphatic rings. The highest BCUT2D eigenvalue weighted by molar-refractivity contribution is 6.17. The molecule has 0 spiro atoms. The fraction of sp³-hybridized carbons (Fsp3) is 0.500. The summed E-state index contributed by atoms with van der Waals surface area (Å²) in [6.45, 7) is 5.95. The molecule has 1 unspecified atom stereocenters. The van der Waals surface area contributed by atoms with Crippen molar-refractivity contribution in [3.8, 4) is 5.75 Å². The Balaban J connectivity index is 2.83. The first-order valence-corrected chi connectivity index (χ1v) is 6.65. The summed E-state index contributed by atoms with van der Waals surface area (Å²) in [6.07, 6.45) is 0.720. The Labute approximate surface area is 113 Å². The molecule has 18 heavy (non-hydrogen) atoms. The maximum atomic E-state index is 12.1. The third-order valence-electron chi connectivity index (χ3n) is 2.94. The van der Waals surface area contributed by atoms with Crippen LogP contribution >= 0.6 is 11.6 Å². The number of phenolic OH excluding ortho intramolecular Hbond substituents is 1. The van der Waals surface area contributed by atoms with Crippen LogP contribution in [0.1, 0.15) is 36.2 Å². The van der Waals surface area contributed by atoms with Crippen molar-refractivity contribution in [2.24, 2.45) is 5.92 Å². The number of hydrogen-bond acceptors (Lipinski definition) is 2. The zero-order valence-electron chi connectivity index (χ0n) is 11.0. The molecule has 1 atom stereocenters. The van der Waals surface area contributed by atoms with Crippen LogP contribution in [0.15, 0.2) is 18.2 Å². The molecule has 1 rings (SSSR count). The number of aryl methyl sites for hydroxylation is 1. The van der Waals surface area contributed by atoms with Gasteiger partial charge in [0, 0.05) is 11.9 Å². The molecule has 0 heterocycles. The monoisotopic (exact) mass is 269 g/mol. The lowest BCUT2D eigenvalue weighted by atomic mass is 10.0. The number of amides is 1. The molecule has 0 aliphatic carbocycles. The Morgan fingerprint density at radius 3 is 2.67 bits per heavy atom. The maximum absolute atomic E-state index is 12.1. The van der Waals surface area contributed by atoms with Crippen LogP contribution < -0.4 is 5.32 Å². The summed E-state index contributed by atoms with van der Waals surface area (Å²) < 4.78 is 0. The molecule has 2 N–H and O–H groups in total. The third kappa shape index (κ3) is 3.91. The van der Waals surface area contributed by atoms with E-state index < -0.39 is 0 Å². The molecule has 100 valence electrons. The minimum absolute atomic E-state index is 0.00600. The van der Waals surface area contributed by atoms with Gasteiger partial charge in [0.05, 0.1) is 5.56 Å². The molecule has 0 saturated carbocycles. The highest BCUT2D eigenvalue weighted by Gasteiger charge is 2.18. The van der Waals surface area contributed by atoms with Crippen LogP contribution in [0.2, 0.25) is 0 Å². The number of halogens is 1. The quantitative estimate of drug-likeness (QED) is 0.807. The zero-order chi connectivity index (χ0) is 13.7. The van der Waals surface area contributed by atoms with E-state index in [-0.39, 0.29) is 17.7 Å². The summed E-state index contributed by atoms with van der Waals surface area (Å²) in [5.74, 6) is 0.564. The van der Waals surface area contributed by atoms with Crippen molar-refractivity contribution >= 4 is 17.5 Å². The number of hydrogen-bond donors (Lipinski definition) is 2. The SMILES string of the molecule is Cc1ccc(O)c(C(=O)NC(CCCl)C(C)C)c1. The Kier molecular flexibility index (Phi) is 5.48. The van der Waals surface area contributed by atoms with Gasteiger partial charge in [-0.2, -0.15) is 0 Å². The molecule has 0 fully saturated rings. The van der Waals surface area contributed by atoms with Gasteiger partial charge >= 0.3 is 0 Å². The van der Waals surface area contributed by atoms with Gasteiger partial charge < -0.3 is 10.4 Å². The molecule has 1 amide bonds. The molecule has 3 nitrogen and oxygen atoms in total. The van der Waals surface area contributed by atoms with E-state index in [0.717, 1.165) is 12.0 Å². The first-order valence-electron chi connectivity index (χ1n) is 6.12. The zero-order valence-corrected chi connectivity index (χ0v) is 11.8. The second kappa shape index (κ2) is 6.64. The summed E-state index contributed by atoms with van der Waals surface area (Å²) >= 11 is 5.73. The van der Waals surface area contributed by atoms with E-state index in [2.05, 4.69) is 5.32 Å². The lowest BCUT2D eigenvalue weighted by molar-refractivity contribution is 0.0922. The maximum Gasteiger partial charge on any atom is 0.255 e. The van der Waals surface area contributed by atoms with Crippen LogP contribution in [0.4, 0.5) is 0 Å². The van der Waals surface area contributed by atoms with E-state index in [9.17, 15) is 9.90 Å². The fourth-order valence-corrected chi connectivity index (χ4v) is 2.00. The number of carbonyl (C=O) groups is 1. The summed E-state index contributed by atoms with van der Waals surface area (Å²) in [5, 5.41) is 12.6. The summed E-state index contributed by atoms with van der Waals surface area (Å²) in [4.78, 5) is 12.1. The Bertz CT molecular complexity index is 418. The molecule has 0 aliphatic heterocycles. The molecule has 0 bridgehead atoms. The van der Waals surface area contributed by atoms with Gasteiger partial charge in [0.2, 0.25) is 0 Å². The summed E-state index contributed by atoms with van der Waals surface area (Å²) in [5.41, 5.74) is 1.26. The van der Waals surface area contributed by atoms with Gasteiger partial charge in [-0.05, 0) is 31.4 Å². The van der Waals surface area contributed by atoms with Crippen molar-refractivity contribution < 1.29 is 9.90 Å². The summed E-state index contributed by atoms with van der Waals surface area (Å²) in [6, 6.07) is 5.01. The average Bonchev–Trinajstić information content (AvgIpc) is 2.31. The number of benzene rings is 1. The number of nitrogens with one attached hydrogen (secondary N) is 1. The molecule has 0 saturated heterocycles. The van der Waals surface area contributed by atoms with E-state index >= 15 is 0 Å². The lowest BCUT2D eigenvalue weighted by Crippen LogP contribution is -2.38. The second-order valence-corrected chi connectivity index (χ2v) is 5.20. The minimum atomic E-state index is -0.250. The van der Waals surface area contributed by atoms with Gasteiger partial charge in [0.1, 0.15) is 5.75 Å². The van der Waals surface area contributed by atoms with Gasteiger partial charge in [-0.25, -0.2) is 0 Å². The van der Waals surface area contributed by atoms with Crippen molar-refractivity contribution in [3.63, 3.8) is 0 Å². The first-order chi connectivity index (χ1) is 8.45. The molecular weight excluding hydrogens is 250 g/mol. The highest BCUT2D eigenvalue weighted by Crippen LogP contribution is 2.19. The Hall–Kier alpha value is -1.22. The Morgan fingerprint density at radius 1 is 1.44 bits per heavy atom. The number of aromatic hydroxyl groups is 1. The predicted octanol–water partition coefficient (Wildman–Crippen LogP) is 3.08. The van der Waals surface area contributed by atoms with E-state index in [0.29, 0.717) is 17.4 Å². The average molecular weight is 270 g/mol. The van der Waals surface area contributed by atoms with Gasteiger partial charge in [0.15, 0.2) is 0 Å². The third-order valence-corrected chi connectivity index (χ3v) is 3.16. The molecule has 0 aromatic heterocycles. The number of alkyl halides is 1. The van der Waals surface area contributed by atoms with E-state index in [4.69, 9.17) is 11.6 Å². The van der Waals surface area contributed by atoms with Crippen molar-refractivity contribution in [3.05, 3.63) is 29.3 Å². The lowest BCUT2D eigenvalue weighted by Gasteiger charge is -2.21. The predicted molar refractivity (Wildman–Crippen MR) is 74.3 cm³/mol. The van der Waals surface area contributed by atoms with Crippen LogP contribution in [0, 0.1) is 12.8 Å². The number of carbonyl (C=O) groups excluding carboxylic acids is 1. The topological polar surface area (TPSA) is 49.3 Å². The van der Waals surface area contributed by atoms with Crippen LogP contribution in [0.5, 0.6) is 5.75 Å². The Morgan fingerprint density at radius 2 is 2.11 bits per heavy atom. The second-order valence-electron chi connectivity index (χ2n) is 4.82. The van der Waals surface area contributed by atoms with E-state index in [1.165, 1.54) is 6.07 Å². The van der Waals surface area contributed by atoms with Crippen molar-refractivity contribution in [1.29, 1.82) is 0 Å². The van der Waals surface area contributed by atoms with Crippen LogP contribution in [0.3, 0.4) is 0 Å². The molecular formula is C14H20ClNO2. The van der Waals surface area contributed by atoms with Crippen LogP contribution in [0.25, 0.3) is 0 Å². The molecule has 4 heteroatoms. The normalized spacial score (nSPS) is 12.5. The van der Waals surface area contributed by atoms with E-state index in [1.54, 1.807) is 12.1 Å².